The van der Waals surface area contributed by atoms with Crippen LogP contribution in [0.2, 0.25) is 0 Å². The minimum absolute atomic E-state index is 0.152. The van der Waals surface area contributed by atoms with Crippen LogP contribution in [0.1, 0.15) is 37.2 Å². The van der Waals surface area contributed by atoms with Gasteiger partial charge in [-0.05, 0) is 38.8 Å². The van der Waals surface area contributed by atoms with Crippen LogP contribution < -0.4 is 5.32 Å². The van der Waals surface area contributed by atoms with Crippen LogP contribution in [0, 0.1) is 18.3 Å². The molecule has 0 bridgehead atoms. The monoisotopic (exact) mass is 327 g/mol. The van der Waals surface area contributed by atoms with E-state index in [0.29, 0.717) is 17.3 Å². The Kier molecular flexibility index (Phi) is 4.35. The number of aryl methyl sites for hydroxylation is 1. The summed E-state index contributed by atoms with van der Waals surface area (Å²) in [5.74, 6) is 0.734. The van der Waals surface area contributed by atoms with E-state index in [1.54, 1.807) is 24.3 Å². The van der Waals surface area contributed by atoms with Crippen molar-refractivity contribution < 1.29 is 4.79 Å². The summed E-state index contributed by atoms with van der Waals surface area (Å²) in [5.41, 5.74) is 0.988. The summed E-state index contributed by atoms with van der Waals surface area (Å²) in [6.45, 7) is 3.76. The van der Waals surface area contributed by atoms with E-state index < -0.39 is 0 Å². The zero-order valence-corrected chi connectivity index (χ0v) is 13.8. The number of nitrogens with zero attached hydrogens (tertiary/aromatic N) is 4. The van der Waals surface area contributed by atoms with E-state index >= 15 is 0 Å². The summed E-state index contributed by atoms with van der Waals surface area (Å²) >= 11 is 1.39. The number of aromatic nitrogens is 3. The van der Waals surface area contributed by atoms with Crippen LogP contribution in [0.3, 0.4) is 0 Å². The van der Waals surface area contributed by atoms with Gasteiger partial charge in [0.05, 0.1) is 16.5 Å². The second-order valence-corrected chi connectivity index (χ2v) is 6.85. The molecule has 3 rings (SSSR count). The minimum atomic E-state index is -0.331. The minimum Gasteiger partial charge on any atom is -0.324 e. The second-order valence-electron chi connectivity index (χ2n) is 5.54. The lowest BCUT2D eigenvalue weighted by Crippen LogP contribution is -2.23. The maximum atomic E-state index is 12.4. The Morgan fingerprint density at radius 3 is 2.87 bits per heavy atom. The fraction of sp³-hybridized carbons (Fsp3) is 0.375. The number of hydrogen-bond donors (Lipinski definition) is 1. The highest BCUT2D eigenvalue weighted by atomic mass is 32.2. The topological polar surface area (TPSA) is 83.6 Å². The number of nitrogens with one attached hydrogen (secondary N) is 1. The van der Waals surface area contributed by atoms with Gasteiger partial charge in [-0.3, -0.25) is 4.79 Å². The van der Waals surface area contributed by atoms with Crippen molar-refractivity contribution in [3.05, 3.63) is 35.7 Å². The van der Waals surface area contributed by atoms with Crippen LogP contribution in [-0.4, -0.2) is 25.9 Å². The molecule has 6 nitrogen and oxygen atoms in total. The summed E-state index contributed by atoms with van der Waals surface area (Å²) in [6, 6.07) is 9.52. The molecule has 1 aliphatic rings. The summed E-state index contributed by atoms with van der Waals surface area (Å²) < 4.78 is 2.11. The summed E-state index contributed by atoms with van der Waals surface area (Å²) in [7, 11) is 0. The van der Waals surface area contributed by atoms with Crippen molar-refractivity contribution in [3.8, 4) is 6.07 Å². The molecule has 0 saturated heterocycles. The number of anilines is 1. The first-order valence-electron chi connectivity index (χ1n) is 7.48. The van der Waals surface area contributed by atoms with Gasteiger partial charge < -0.3 is 9.88 Å². The molecule has 118 valence electrons. The number of nitriles is 1. The average Bonchev–Trinajstić information content (AvgIpc) is 3.32. The highest BCUT2D eigenvalue weighted by Crippen LogP contribution is 2.39. The fourth-order valence-corrected chi connectivity index (χ4v) is 3.28. The summed E-state index contributed by atoms with van der Waals surface area (Å²) in [5, 5.41) is 20.6. The smallest absolute Gasteiger partial charge is 0.237 e. The first kappa shape index (κ1) is 15.6. The van der Waals surface area contributed by atoms with Gasteiger partial charge in [-0.25, -0.2) is 0 Å². The molecule has 1 saturated carbocycles. The molecule has 1 aromatic carbocycles. The van der Waals surface area contributed by atoms with Crippen LogP contribution in [0.15, 0.2) is 29.4 Å². The normalized spacial score (nSPS) is 15.0. The number of carbonyl (C=O) groups excluding carboxylic acids is 1. The van der Waals surface area contributed by atoms with Gasteiger partial charge in [-0.15, -0.1) is 10.2 Å². The van der Waals surface area contributed by atoms with Crippen molar-refractivity contribution in [1.29, 1.82) is 5.26 Å². The molecule has 1 aromatic heterocycles. The van der Waals surface area contributed by atoms with Gasteiger partial charge in [0.15, 0.2) is 5.16 Å². The predicted octanol–water partition coefficient (Wildman–Crippen LogP) is 2.91. The van der Waals surface area contributed by atoms with Gasteiger partial charge in [0.2, 0.25) is 5.91 Å². The number of rotatable bonds is 5. The van der Waals surface area contributed by atoms with Crippen molar-refractivity contribution >= 4 is 23.4 Å². The van der Waals surface area contributed by atoms with E-state index in [2.05, 4.69) is 26.2 Å². The number of thioether (sulfide) groups is 1. The number of carbonyl (C=O) groups is 1. The Labute approximate surface area is 138 Å². The van der Waals surface area contributed by atoms with Gasteiger partial charge in [0.1, 0.15) is 11.9 Å². The van der Waals surface area contributed by atoms with Gasteiger partial charge in [0.25, 0.3) is 0 Å². The molecule has 0 unspecified atom stereocenters. The third-order valence-electron chi connectivity index (χ3n) is 3.70. The average molecular weight is 327 g/mol. The number of para-hydroxylation sites is 1. The molecule has 1 atom stereocenters. The largest absolute Gasteiger partial charge is 0.324 e. The molecule has 0 aliphatic heterocycles. The van der Waals surface area contributed by atoms with Crippen LogP contribution in [0.25, 0.3) is 0 Å². The standard InChI is InChI=1S/C16H17N5OS/c1-10(15(22)18-14-6-4-3-5-12(14)9-17)23-16-20-19-11(2)21(16)13-7-8-13/h3-6,10,13H,7-8H2,1-2H3,(H,18,22)/t10-/m1/s1. The zero-order valence-electron chi connectivity index (χ0n) is 13.0. The van der Waals surface area contributed by atoms with Crippen molar-refractivity contribution in [2.45, 2.75) is 43.1 Å². The zero-order chi connectivity index (χ0) is 16.4. The van der Waals surface area contributed by atoms with Crippen LogP contribution in [0.4, 0.5) is 5.69 Å². The van der Waals surface area contributed by atoms with Gasteiger partial charge in [0, 0.05) is 6.04 Å². The van der Waals surface area contributed by atoms with E-state index in [-0.39, 0.29) is 11.2 Å². The van der Waals surface area contributed by atoms with Gasteiger partial charge >= 0.3 is 0 Å². The molecular formula is C16H17N5OS. The number of amides is 1. The molecule has 1 N–H and O–H groups in total. The van der Waals surface area contributed by atoms with E-state index in [0.717, 1.165) is 23.8 Å². The third-order valence-corrected chi connectivity index (χ3v) is 4.76. The van der Waals surface area contributed by atoms with Crippen molar-refractivity contribution in [1.82, 2.24) is 14.8 Å². The van der Waals surface area contributed by atoms with Crippen LogP contribution >= 0.6 is 11.8 Å². The van der Waals surface area contributed by atoms with Gasteiger partial charge in [-0.1, -0.05) is 23.9 Å². The first-order valence-corrected chi connectivity index (χ1v) is 8.36. The Hall–Kier alpha value is -2.33. The van der Waals surface area contributed by atoms with Crippen molar-refractivity contribution in [2.24, 2.45) is 0 Å². The third kappa shape index (κ3) is 3.37. The Morgan fingerprint density at radius 2 is 2.17 bits per heavy atom. The van der Waals surface area contributed by atoms with E-state index in [1.807, 2.05) is 13.8 Å². The molecule has 0 spiro atoms. The van der Waals surface area contributed by atoms with Crippen molar-refractivity contribution in [3.63, 3.8) is 0 Å². The molecule has 1 amide bonds. The summed E-state index contributed by atoms with van der Waals surface area (Å²) in [6.07, 6.45) is 2.28. The highest BCUT2D eigenvalue weighted by molar-refractivity contribution is 8.00. The maximum absolute atomic E-state index is 12.4. The molecule has 1 aliphatic carbocycles. The van der Waals surface area contributed by atoms with E-state index in [1.165, 1.54) is 11.8 Å². The Bertz CT molecular complexity index is 775. The second kappa shape index (κ2) is 6.42. The van der Waals surface area contributed by atoms with Crippen LogP contribution in [0.5, 0.6) is 0 Å². The first-order chi connectivity index (χ1) is 11.1. The predicted molar refractivity (Wildman–Crippen MR) is 88.1 cm³/mol. The van der Waals surface area contributed by atoms with E-state index in [9.17, 15) is 4.79 Å². The SMILES string of the molecule is Cc1nnc(S[C@H](C)C(=O)Nc2ccccc2C#N)n1C1CC1. The molecule has 23 heavy (non-hydrogen) atoms. The molecule has 2 aromatic rings. The number of benzene rings is 1. The van der Waals surface area contributed by atoms with Gasteiger partial charge in [-0.2, -0.15) is 5.26 Å². The maximum Gasteiger partial charge on any atom is 0.237 e. The lowest BCUT2D eigenvalue weighted by atomic mass is 10.2. The van der Waals surface area contributed by atoms with E-state index in [4.69, 9.17) is 5.26 Å². The lowest BCUT2D eigenvalue weighted by molar-refractivity contribution is -0.115. The number of hydrogen-bond acceptors (Lipinski definition) is 5. The molecule has 0 radical (unpaired) electrons. The van der Waals surface area contributed by atoms with Crippen LogP contribution in [-0.2, 0) is 4.79 Å². The lowest BCUT2D eigenvalue weighted by Gasteiger charge is -2.13. The highest BCUT2D eigenvalue weighted by Gasteiger charge is 2.29. The molecule has 7 heteroatoms. The molecule has 1 fully saturated rings. The summed E-state index contributed by atoms with van der Waals surface area (Å²) in [4.78, 5) is 12.4. The molecular weight excluding hydrogens is 310 g/mol. The molecule has 1 heterocycles. The quantitative estimate of drug-likeness (QED) is 0.854. The fourth-order valence-electron chi connectivity index (χ4n) is 2.32. The van der Waals surface area contributed by atoms with Crippen molar-refractivity contribution in [2.75, 3.05) is 5.32 Å². The Morgan fingerprint density at radius 1 is 1.43 bits per heavy atom. The Balaban J connectivity index is 1.70.